The van der Waals surface area contributed by atoms with Gasteiger partial charge in [0.2, 0.25) is 0 Å². The normalized spacial score (nSPS) is 13.1. The first-order valence-corrected chi connectivity index (χ1v) is 9.48. The Morgan fingerprint density at radius 1 is 1.19 bits per heavy atom. The lowest BCUT2D eigenvalue weighted by atomic mass is 9.90. The van der Waals surface area contributed by atoms with Gasteiger partial charge in [0.05, 0.1) is 23.5 Å². The Kier molecular flexibility index (Phi) is 6.58. The average molecular weight is 393 g/mol. The van der Waals surface area contributed by atoms with Gasteiger partial charge in [0.25, 0.3) is 0 Å². The van der Waals surface area contributed by atoms with Crippen molar-refractivity contribution in [3.63, 3.8) is 0 Å². The molecule has 2 aromatic rings. The Balaban J connectivity index is 1.62. The lowest BCUT2D eigenvalue weighted by molar-refractivity contribution is 0.301. The van der Waals surface area contributed by atoms with Crippen LogP contribution < -0.4 is 15.4 Å². The highest BCUT2D eigenvalue weighted by atomic mass is 35.5. The minimum absolute atomic E-state index is 0.313. The molecule has 2 aromatic heterocycles. The van der Waals surface area contributed by atoms with Gasteiger partial charge in [-0.3, -0.25) is 4.98 Å². The summed E-state index contributed by atoms with van der Waals surface area (Å²) in [7, 11) is 0. The third-order valence-electron chi connectivity index (χ3n) is 4.20. The van der Waals surface area contributed by atoms with Gasteiger partial charge in [-0.15, -0.1) is 0 Å². The highest BCUT2D eigenvalue weighted by Crippen LogP contribution is 2.29. The number of likely N-dealkylation sites (N-methyl/N-ethyl adjacent to an activating group) is 1. The van der Waals surface area contributed by atoms with Gasteiger partial charge in [0.1, 0.15) is 23.2 Å². The van der Waals surface area contributed by atoms with Gasteiger partial charge in [0, 0.05) is 24.5 Å². The van der Waals surface area contributed by atoms with Crippen molar-refractivity contribution in [3.8, 4) is 5.75 Å². The van der Waals surface area contributed by atoms with Crippen LogP contribution in [-0.2, 0) is 6.61 Å². The van der Waals surface area contributed by atoms with Gasteiger partial charge in [-0.25, -0.2) is 4.98 Å². The van der Waals surface area contributed by atoms with E-state index in [2.05, 4.69) is 27.5 Å². The fourth-order valence-corrected chi connectivity index (χ4v) is 2.90. The van der Waals surface area contributed by atoms with Gasteiger partial charge in [-0.2, -0.15) is 0 Å². The van der Waals surface area contributed by atoms with E-state index < -0.39 is 0 Å². The lowest BCUT2D eigenvalue weighted by Crippen LogP contribution is -2.24. The van der Waals surface area contributed by atoms with E-state index in [4.69, 9.17) is 27.9 Å². The van der Waals surface area contributed by atoms with Crippen molar-refractivity contribution in [1.29, 1.82) is 0 Å². The maximum absolute atomic E-state index is 6.20. The fourth-order valence-electron chi connectivity index (χ4n) is 2.63. The topological polar surface area (TPSA) is 59.1 Å². The molecule has 1 fully saturated rings. The van der Waals surface area contributed by atoms with Gasteiger partial charge in [-0.1, -0.05) is 23.2 Å². The Hall–Kier alpha value is -1.98. The summed E-state index contributed by atoms with van der Waals surface area (Å²) in [6.45, 7) is 4.05. The fraction of sp³-hybridized carbons (Fsp3) is 0.368. The molecule has 0 spiro atoms. The van der Waals surface area contributed by atoms with Crippen LogP contribution in [0, 0.1) is 0 Å². The number of rotatable bonds is 8. The van der Waals surface area contributed by atoms with E-state index in [1.54, 1.807) is 18.5 Å². The smallest absolute Gasteiger partial charge is 0.143 e. The molecule has 0 amide bonds. The van der Waals surface area contributed by atoms with Gasteiger partial charge < -0.3 is 15.4 Å². The number of aromatic nitrogens is 2. The third kappa shape index (κ3) is 5.02. The molecule has 0 unspecified atom stereocenters. The van der Waals surface area contributed by atoms with E-state index in [0.717, 1.165) is 24.6 Å². The summed E-state index contributed by atoms with van der Waals surface area (Å²) in [5, 5.41) is 7.86. The summed E-state index contributed by atoms with van der Waals surface area (Å²) >= 11 is 12.0. The van der Waals surface area contributed by atoms with Gasteiger partial charge >= 0.3 is 0 Å². The van der Waals surface area contributed by atoms with Crippen LogP contribution in [0.3, 0.4) is 0 Å². The molecule has 2 heterocycles. The van der Waals surface area contributed by atoms with E-state index >= 15 is 0 Å². The maximum Gasteiger partial charge on any atom is 0.143 e. The van der Waals surface area contributed by atoms with Crippen molar-refractivity contribution in [2.45, 2.75) is 32.8 Å². The van der Waals surface area contributed by atoms with Crippen molar-refractivity contribution in [1.82, 2.24) is 15.3 Å². The van der Waals surface area contributed by atoms with Crippen molar-refractivity contribution < 1.29 is 4.74 Å². The molecule has 0 aromatic carbocycles. The Labute approximate surface area is 163 Å². The van der Waals surface area contributed by atoms with Crippen LogP contribution in [0.25, 0.3) is 0 Å². The molecule has 5 nitrogen and oxygen atoms in total. The zero-order valence-corrected chi connectivity index (χ0v) is 16.2. The van der Waals surface area contributed by atoms with E-state index in [1.807, 2.05) is 12.1 Å². The highest BCUT2D eigenvalue weighted by molar-refractivity contribution is 6.32. The quantitative estimate of drug-likeness (QED) is 0.673. The lowest BCUT2D eigenvalue weighted by Gasteiger charge is -2.23. The Morgan fingerprint density at radius 3 is 2.69 bits per heavy atom. The summed E-state index contributed by atoms with van der Waals surface area (Å²) in [6, 6.07) is 5.42. The van der Waals surface area contributed by atoms with E-state index in [-0.39, 0.29) is 0 Å². The molecular formula is C19H22Cl2N4O. The number of pyridine rings is 2. The number of nitrogens with zero attached hydrogens (tertiary/aromatic N) is 2. The first kappa shape index (κ1) is 18.8. The van der Waals surface area contributed by atoms with Crippen LogP contribution in [0.2, 0.25) is 10.0 Å². The first-order chi connectivity index (χ1) is 12.7. The summed E-state index contributed by atoms with van der Waals surface area (Å²) in [4.78, 5) is 8.55. The summed E-state index contributed by atoms with van der Waals surface area (Å²) in [5.74, 6) is 1.30. The third-order valence-corrected chi connectivity index (χ3v) is 4.71. The largest absolute Gasteiger partial charge is 0.486 e. The summed E-state index contributed by atoms with van der Waals surface area (Å²) in [6.07, 6.45) is 6.83. The number of nitrogens with one attached hydrogen (secondary N) is 2. The van der Waals surface area contributed by atoms with Crippen LogP contribution in [-0.4, -0.2) is 23.1 Å². The predicted molar refractivity (Wildman–Crippen MR) is 106 cm³/mol. The molecule has 1 aliphatic carbocycles. The minimum Gasteiger partial charge on any atom is -0.486 e. The Morgan fingerprint density at radius 2 is 2.04 bits per heavy atom. The predicted octanol–water partition coefficient (Wildman–Crippen LogP) is 4.82. The van der Waals surface area contributed by atoms with Gasteiger partial charge in [-0.05, 0) is 43.9 Å². The molecule has 3 rings (SSSR count). The Bertz CT molecular complexity index is 772. The molecule has 138 valence electrons. The number of allylic oxidation sites excluding steroid dienone is 1. The van der Waals surface area contributed by atoms with Crippen LogP contribution >= 0.6 is 23.2 Å². The average Bonchev–Trinajstić information content (AvgIpc) is 2.59. The first-order valence-electron chi connectivity index (χ1n) is 8.73. The second-order valence-electron chi connectivity index (χ2n) is 6.08. The van der Waals surface area contributed by atoms with Crippen molar-refractivity contribution in [3.05, 3.63) is 57.6 Å². The molecule has 0 radical (unpaired) electrons. The van der Waals surface area contributed by atoms with Crippen molar-refractivity contribution in [2.75, 3.05) is 18.4 Å². The standard InChI is InChI=1S/C19H22Cl2N4O/c1-2-22-17(13-4-3-5-13)11-25-19-8-18(16(21)10-24-19)26-12-15-7-6-14(20)9-23-15/h6-10,22H,2-5,11-12H2,1H3,(H,24,25). The van der Waals surface area contributed by atoms with Crippen LogP contribution in [0.4, 0.5) is 5.82 Å². The van der Waals surface area contributed by atoms with E-state index in [9.17, 15) is 0 Å². The number of anilines is 1. The van der Waals surface area contributed by atoms with Gasteiger partial charge in [0.15, 0.2) is 0 Å². The minimum atomic E-state index is 0.313. The number of ether oxygens (including phenoxy) is 1. The molecule has 26 heavy (non-hydrogen) atoms. The summed E-state index contributed by atoms with van der Waals surface area (Å²) < 4.78 is 5.79. The second-order valence-corrected chi connectivity index (χ2v) is 6.92. The molecule has 0 saturated heterocycles. The molecule has 0 aliphatic heterocycles. The molecule has 1 saturated carbocycles. The SMILES string of the molecule is CCNC(CNc1cc(OCc2ccc(Cl)cn2)c(Cl)cn1)=C1CCC1. The zero-order valence-electron chi connectivity index (χ0n) is 14.7. The molecule has 0 bridgehead atoms. The van der Waals surface area contributed by atoms with Crippen LogP contribution in [0.5, 0.6) is 5.75 Å². The number of hydrogen-bond donors (Lipinski definition) is 2. The van der Waals surface area contributed by atoms with E-state index in [1.165, 1.54) is 30.5 Å². The molecule has 1 aliphatic rings. The highest BCUT2D eigenvalue weighted by Gasteiger charge is 2.14. The second kappa shape index (κ2) is 9.10. The van der Waals surface area contributed by atoms with Crippen LogP contribution in [0.1, 0.15) is 31.9 Å². The van der Waals surface area contributed by atoms with E-state index in [0.29, 0.717) is 22.4 Å². The molecule has 7 heteroatoms. The maximum atomic E-state index is 6.20. The molecular weight excluding hydrogens is 371 g/mol. The monoisotopic (exact) mass is 392 g/mol. The summed E-state index contributed by atoms with van der Waals surface area (Å²) in [5.41, 5.74) is 3.54. The number of hydrogen-bond acceptors (Lipinski definition) is 5. The van der Waals surface area contributed by atoms with Crippen molar-refractivity contribution in [2.24, 2.45) is 0 Å². The molecule has 0 atom stereocenters. The van der Waals surface area contributed by atoms with Crippen molar-refractivity contribution >= 4 is 29.0 Å². The zero-order chi connectivity index (χ0) is 18.4. The molecule has 2 N–H and O–H groups in total. The van der Waals surface area contributed by atoms with Crippen LogP contribution in [0.15, 0.2) is 41.9 Å². The number of halogens is 2.